The summed E-state index contributed by atoms with van der Waals surface area (Å²) in [6.45, 7) is 7.00. The van der Waals surface area contributed by atoms with E-state index in [-0.39, 0.29) is 24.5 Å². The molecule has 6 heteroatoms. The summed E-state index contributed by atoms with van der Waals surface area (Å²) in [5.74, 6) is -0.245. The average molecular weight is 289 g/mol. The second-order valence-electron chi connectivity index (χ2n) is 4.55. The summed E-state index contributed by atoms with van der Waals surface area (Å²) < 4.78 is 29.3. The fourth-order valence-electron chi connectivity index (χ4n) is 1.31. The maximum absolute atomic E-state index is 12.2. The number of aromatic nitrogens is 1. The Morgan fingerprint density at radius 3 is 2.53 bits per heavy atom. The quantitative estimate of drug-likeness (QED) is 0.759. The summed E-state index contributed by atoms with van der Waals surface area (Å²) in [6.07, 6.45) is -1.67. The number of halogens is 2. The first-order valence-corrected chi connectivity index (χ1v) is 6.79. The Labute approximate surface area is 115 Å². The lowest BCUT2D eigenvalue weighted by atomic mass is 10.2. The molecule has 0 aliphatic rings. The van der Waals surface area contributed by atoms with Crippen LogP contribution < -0.4 is 0 Å². The Balaban J connectivity index is 2.62. The number of esters is 1. The molecule has 0 radical (unpaired) electrons. The number of rotatable bonds is 5. The number of carbonyl (C=O) groups is 1. The van der Waals surface area contributed by atoms with E-state index in [1.54, 1.807) is 6.92 Å². The van der Waals surface area contributed by atoms with Gasteiger partial charge in [0.1, 0.15) is 4.88 Å². The molecule has 0 saturated carbocycles. The van der Waals surface area contributed by atoms with Gasteiger partial charge in [0.25, 0.3) is 6.08 Å². The SMILES string of the molecule is CC(CCOC(=O)c1sc(C(C)C)nc1C)=C(F)F. The Bertz CT molecular complexity index is 491. The summed E-state index contributed by atoms with van der Waals surface area (Å²) in [7, 11) is 0. The van der Waals surface area contributed by atoms with Gasteiger partial charge in [-0.05, 0) is 19.4 Å². The number of thiazole rings is 1. The van der Waals surface area contributed by atoms with Gasteiger partial charge in [0, 0.05) is 12.3 Å². The molecule has 0 N–H and O–H groups in total. The van der Waals surface area contributed by atoms with E-state index < -0.39 is 12.0 Å². The molecule has 19 heavy (non-hydrogen) atoms. The molecule has 1 aromatic heterocycles. The van der Waals surface area contributed by atoms with Crippen molar-refractivity contribution in [2.75, 3.05) is 6.61 Å². The monoisotopic (exact) mass is 289 g/mol. The van der Waals surface area contributed by atoms with Crippen molar-refractivity contribution in [2.24, 2.45) is 0 Å². The predicted molar refractivity (Wildman–Crippen MR) is 70.8 cm³/mol. The molecular formula is C13H17F2NO2S. The van der Waals surface area contributed by atoms with Crippen LogP contribution in [-0.2, 0) is 4.74 Å². The highest BCUT2D eigenvalue weighted by Crippen LogP contribution is 2.25. The van der Waals surface area contributed by atoms with Crippen LogP contribution in [0.5, 0.6) is 0 Å². The highest BCUT2D eigenvalue weighted by molar-refractivity contribution is 7.13. The maximum atomic E-state index is 12.2. The van der Waals surface area contributed by atoms with Crippen LogP contribution in [0.3, 0.4) is 0 Å². The normalized spacial score (nSPS) is 10.7. The van der Waals surface area contributed by atoms with Gasteiger partial charge in [-0.1, -0.05) is 13.8 Å². The summed E-state index contributed by atoms with van der Waals surface area (Å²) >= 11 is 1.30. The smallest absolute Gasteiger partial charge is 0.350 e. The minimum absolute atomic E-state index is 0.0446. The number of carbonyl (C=O) groups excluding carboxylic acids is 1. The van der Waals surface area contributed by atoms with Crippen molar-refractivity contribution in [3.05, 3.63) is 27.2 Å². The lowest BCUT2D eigenvalue weighted by Crippen LogP contribution is -2.06. The van der Waals surface area contributed by atoms with Crippen LogP contribution in [-0.4, -0.2) is 17.6 Å². The maximum Gasteiger partial charge on any atom is 0.350 e. The first-order valence-electron chi connectivity index (χ1n) is 5.98. The first kappa shape index (κ1) is 15.8. The number of hydrogen-bond acceptors (Lipinski definition) is 4. The highest BCUT2D eigenvalue weighted by atomic mass is 32.1. The van der Waals surface area contributed by atoms with Crippen molar-refractivity contribution >= 4 is 17.3 Å². The van der Waals surface area contributed by atoms with Gasteiger partial charge in [-0.25, -0.2) is 9.78 Å². The van der Waals surface area contributed by atoms with Gasteiger partial charge < -0.3 is 4.74 Å². The van der Waals surface area contributed by atoms with Crippen molar-refractivity contribution < 1.29 is 18.3 Å². The van der Waals surface area contributed by atoms with Crippen molar-refractivity contribution in [3.8, 4) is 0 Å². The van der Waals surface area contributed by atoms with Gasteiger partial charge in [0.2, 0.25) is 0 Å². The van der Waals surface area contributed by atoms with E-state index in [1.807, 2.05) is 13.8 Å². The van der Waals surface area contributed by atoms with Crippen molar-refractivity contribution in [2.45, 2.75) is 40.0 Å². The second-order valence-corrected chi connectivity index (χ2v) is 5.58. The number of nitrogens with zero attached hydrogens (tertiary/aromatic N) is 1. The molecule has 106 valence electrons. The molecule has 1 aromatic rings. The van der Waals surface area contributed by atoms with Crippen LogP contribution in [0.1, 0.15) is 53.5 Å². The summed E-state index contributed by atoms with van der Waals surface area (Å²) in [4.78, 5) is 16.5. The van der Waals surface area contributed by atoms with Crippen LogP contribution in [0.4, 0.5) is 8.78 Å². The third-order valence-electron chi connectivity index (χ3n) is 2.53. The van der Waals surface area contributed by atoms with Gasteiger partial charge in [0.15, 0.2) is 0 Å². The van der Waals surface area contributed by atoms with E-state index in [1.165, 1.54) is 18.3 Å². The predicted octanol–water partition coefficient (Wildman–Crippen LogP) is 4.29. The van der Waals surface area contributed by atoms with E-state index in [9.17, 15) is 13.6 Å². The molecule has 0 aliphatic heterocycles. The molecule has 0 fully saturated rings. The van der Waals surface area contributed by atoms with Crippen molar-refractivity contribution in [1.82, 2.24) is 4.98 Å². The number of hydrogen-bond donors (Lipinski definition) is 0. The van der Waals surface area contributed by atoms with Crippen LogP contribution >= 0.6 is 11.3 Å². The Morgan fingerprint density at radius 1 is 1.42 bits per heavy atom. The molecule has 0 amide bonds. The second kappa shape index (κ2) is 6.75. The molecule has 1 rings (SSSR count). The van der Waals surface area contributed by atoms with E-state index in [2.05, 4.69) is 4.98 Å². The third kappa shape index (κ3) is 4.38. The van der Waals surface area contributed by atoms with Gasteiger partial charge in [-0.3, -0.25) is 0 Å². The standard InChI is InChI=1S/C13H17F2NO2S/c1-7(2)12-16-9(4)10(19-12)13(17)18-6-5-8(3)11(14)15/h7H,5-6H2,1-4H3. The van der Waals surface area contributed by atoms with Gasteiger partial charge in [-0.2, -0.15) is 8.78 Å². The Kier molecular flexibility index (Phi) is 5.60. The van der Waals surface area contributed by atoms with E-state index in [0.717, 1.165) is 5.01 Å². The van der Waals surface area contributed by atoms with Crippen molar-refractivity contribution in [1.29, 1.82) is 0 Å². The lowest BCUT2D eigenvalue weighted by Gasteiger charge is -2.03. The molecular weight excluding hydrogens is 272 g/mol. The van der Waals surface area contributed by atoms with E-state index >= 15 is 0 Å². The number of aryl methyl sites for hydroxylation is 1. The third-order valence-corrected chi connectivity index (χ3v) is 3.96. The molecule has 1 heterocycles. The fourth-order valence-corrected chi connectivity index (χ4v) is 2.27. The van der Waals surface area contributed by atoms with Crippen molar-refractivity contribution in [3.63, 3.8) is 0 Å². The zero-order chi connectivity index (χ0) is 14.6. The Hall–Kier alpha value is -1.30. The van der Waals surface area contributed by atoms with E-state index in [0.29, 0.717) is 10.6 Å². The first-order chi connectivity index (χ1) is 8.82. The zero-order valence-corrected chi connectivity index (χ0v) is 12.2. The van der Waals surface area contributed by atoms with E-state index in [4.69, 9.17) is 4.74 Å². The van der Waals surface area contributed by atoms with Gasteiger partial charge in [-0.15, -0.1) is 11.3 Å². The molecule has 0 spiro atoms. The fraction of sp³-hybridized carbons (Fsp3) is 0.538. The highest BCUT2D eigenvalue weighted by Gasteiger charge is 2.18. The van der Waals surface area contributed by atoms with Crippen LogP contribution in [0.15, 0.2) is 11.7 Å². The summed E-state index contributed by atoms with van der Waals surface area (Å²) in [5.41, 5.74) is 0.569. The van der Waals surface area contributed by atoms with Crippen LogP contribution in [0.25, 0.3) is 0 Å². The zero-order valence-electron chi connectivity index (χ0n) is 11.4. The Morgan fingerprint density at radius 2 is 2.05 bits per heavy atom. The minimum atomic E-state index is -1.72. The summed E-state index contributed by atoms with van der Waals surface area (Å²) in [6, 6.07) is 0. The minimum Gasteiger partial charge on any atom is -0.461 e. The lowest BCUT2D eigenvalue weighted by molar-refractivity contribution is 0.0512. The molecule has 0 bridgehead atoms. The molecule has 3 nitrogen and oxygen atoms in total. The molecule has 0 unspecified atom stereocenters. The molecule has 0 aromatic carbocycles. The molecule has 0 saturated heterocycles. The van der Waals surface area contributed by atoms with Crippen LogP contribution in [0.2, 0.25) is 0 Å². The van der Waals surface area contributed by atoms with Crippen LogP contribution in [0, 0.1) is 6.92 Å². The topological polar surface area (TPSA) is 39.2 Å². The van der Waals surface area contributed by atoms with Gasteiger partial charge >= 0.3 is 5.97 Å². The number of ether oxygens (including phenoxy) is 1. The summed E-state index contributed by atoms with van der Waals surface area (Å²) in [5, 5.41) is 0.871. The molecule has 0 atom stereocenters. The largest absolute Gasteiger partial charge is 0.461 e. The average Bonchev–Trinajstić information content (AvgIpc) is 2.71. The van der Waals surface area contributed by atoms with Gasteiger partial charge in [0.05, 0.1) is 17.3 Å². The molecule has 0 aliphatic carbocycles.